The van der Waals surface area contributed by atoms with E-state index in [0.29, 0.717) is 0 Å². The van der Waals surface area contributed by atoms with E-state index in [0.717, 1.165) is 37.4 Å². The van der Waals surface area contributed by atoms with Crippen molar-refractivity contribution in [3.05, 3.63) is 24.3 Å². The molecule has 0 atom stereocenters. The Hall–Kier alpha value is -1.73. The van der Waals surface area contributed by atoms with Crippen molar-refractivity contribution >= 4 is 5.69 Å². The van der Waals surface area contributed by atoms with Gasteiger partial charge in [-0.15, -0.1) is 0 Å². The maximum atomic E-state index is 9.43. The first-order chi connectivity index (χ1) is 8.67. The number of ether oxygens (including phenoxy) is 1. The van der Waals surface area contributed by atoms with Gasteiger partial charge < -0.3 is 15.0 Å². The predicted molar refractivity (Wildman–Crippen MR) is 71.7 cm³/mol. The van der Waals surface area contributed by atoms with Crippen molar-refractivity contribution in [1.29, 1.82) is 5.26 Å². The normalized spacial score (nSPS) is 18.9. The number of likely N-dealkylation sites (tertiary alicyclic amines) is 1. The lowest BCUT2D eigenvalue weighted by Crippen LogP contribution is -2.47. The Morgan fingerprint density at radius 1 is 1.28 bits per heavy atom. The van der Waals surface area contributed by atoms with Crippen LogP contribution in [0.4, 0.5) is 5.69 Å². The fourth-order valence-electron chi connectivity index (χ4n) is 2.22. The summed E-state index contributed by atoms with van der Waals surface area (Å²) < 4.78 is 5.13. The Bertz CT molecular complexity index is 427. The van der Waals surface area contributed by atoms with Crippen molar-refractivity contribution in [2.75, 3.05) is 32.6 Å². The Balaban J connectivity index is 2.08. The lowest BCUT2D eigenvalue weighted by molar-refractivity contribution is 0.235. The Morgan fingerprint density at radius 2 is 1.89 bits per heavy atom. The van der Waals surface area contributed by atoms with Crippen LogP contribution in [0.3, 0.4) is 0 Å². The minimum atomic E-state index is -0.429. The Kier molecular flexibility index (Phi) is 3.73. The zero-order valence-electron chi connectivity index (χ0n) is 10.9. The summed E-state index contributed by atoms with van der Waals surface area (Å²) in [5.41, 5.74) is 0.545. The molecule has 0 unspecified atom stereocenters. The second kappa shape index (κ2) is 5.28. The quantitative estimate of drug-likeness (QED) is 0.886. The molecule has 0 amide bonds. The van der Waals surface area contributed by atoms with Gasteiger partial charge in [-0.05, 0) is 44.2 Å². The molecule has 0 bridgehead atoms. The second-order valence-corrected chi connectivity index (χ2v) is 4.85. The Labute approximate surface area is 108 Å². The van der Waals surface area contributed by atoms with Crippen molar-refractivity contribution in [2.24, 2.45) is 0 Å². The summed E-state index contributed by atoms with van der Waals surface area (Å²) in [6, 6.07) is 10.2. The zero-order valence-corrected chi connectivity index (χ0v) is 10.9. The van der Waals surface area contributed by atoms with E-state index < -0.39 is 5.54 Å². The van der Waals surface area contributed by atoms with Crippen LogP contribution >= 0.6 is 0 Å². The number of benzene rings is 1. The van der Waals surface area contributed by atoms with Crippen molar-refractivity contribution in [3.63, 3.8) is 0 Å². The van der Waals surface area contributed by atoms with E-state index in [1.807, 2.05) is 24.3 Å². The number of hydrogen-bond donors (Lipinski definition) is 1. The topological polar surface area (TPSA) is 48.3 Å². The molecule has 0 spiro atoms. The van der Waals surface area contributed by atoms with E-state index in [1.54, 1.807) is 7.11 Å². The number of nitriles is 1. The number of hydrogen-bond acceptors (Lipinski definition) is 4. The van der Waals surface area contributed by atoms with E-state index in [1.165, 1.54) is 0 Å². The van der Waals surface area contributed by atoms with Gasteiger partial charge in [0, 0.05) is 18.8 Å². The lowest BCUT2D eigenvalue weighted by atomic mass is 9.89. The van der Waals surface area contributed by atoms with Crippen molar-refractivity contribution < 1.29 is 4.74 Å². The van der Waals surface area contributed by atoms with Crippen LogP contribution in [0.15, 0.2) is 24.3 Å². The third-order valence-electron chi connectivity index (χ3n) is 3.53. The average molecular weight is 245 g/mol. The van der Waals surface area contributed by atoms with E-state index in [-0.39, 0.29) is 0 Å². The summed E-state index contributed by atoms with van der Waals surface area (Å²) in [6.07, 6.45) is 1.71. The summed E-state index contributed by atoms with van der Waals surface area (Å²) >= 11 is 0. The highest BCUT2D eigenvalue weighted by molar-refractivity contribution is 5.50. The van der Waals surface area contributed by atoms with Gasteiger partial charge in [0.15, 0.2) is 0 Å². The highest BCUT2D eigenvalue weighted by Crippen LogP contribution is 2.26. The van der Waals surface area contributed by atoms with Gasteiger partial charge in [0.2, 0.25) is 0 Å². The number of piperidine rings is 1. The molecule has 4 heteroatoms. The number of nitrogens with one attached hydrogen (secondary N) is 1. The summed E-state index contributed by atoms with van der Waals surface area (Å²) in [7, 11) is 3.74. The van der Waals surface area contributed by atoms with Crippen molar-refractivity contribution in [2.45, 2.75) is 18.4 Å². The number of rotatable bonds is 3. The largest absolute Gasteiger partial charge is 0.497 e. The van der Waals surface area contributed by atoms with E-state index in [2.05, 4.69) is 23.3 Å². The molecular formula is C14H19N3O. The van der Waals surface area contributed by atoms with Gasteiger partial charge >= 0.3 is 0 Å². The summed E-state index contributed by atoms with van der Waals surface area (Å²) in [5, 5.41) is 12.8. The second-order valence-electron chi connectivity index (χ2n) is 4.85. The van der Waals surface area contributed by atoms with E-state index >= 15 is 0 Å². The molecule has 1 aliphatic rings. The average Bonchev–Trinajstić information content (AvgIpc) is 2.43. The summed E-state index contributed by atoms with van der Waals surface area (Å²) in [5.74, 6) is 0.829. The molecule has 0 saturated carbocycles. The number of methoxy groups -OCH3 is 1. The molecule has 96 valence electrons. The predicted octanol–water partition coefficient (Wildman–Crippen LogP) is 2.10. The standard InChI is InChI=1S/C14H19N3O/c1-17-9-7-14(11-15,8-10-17)16-12-3-5-13(18-2)6-4-12/h3-6,16H,7-10H2,1-2H3. The minimum Gasteiger partial charge on any atom is -0.497 e. The van der Waals surface area contributed by atoms with Crippen LogP contribution in [-0.2, 0) is 0 Å². The maximum Gasteiger partial charge on any atom is 0.127 e. The van der Waals surface area contributed by atoms with Crippen LogP contribution in [0, 0.1) is 11.3 Å². The summed E-state index contributed by atoms with van der Waals surface area (Å²) in [4.78, 5) is 2.26. The Morgan fingerprint density at radius 3 is 2.39 bits per heavy atom. The zero-order chi connectivity index (χ0) is 13.0. The highest BCUT2D eigenvalue weighted by Gasteiger charge is 2.33. The van der Waals surface area contributed by atoms with Crippen LogP contribution in [0.5, 0.6) is 5.75 Å². The van der Waals surface area contributed by atoms with Gasteiger partial charge in [-0.25, -0.2) is 0 Å². The lowest BCUT2D eigenvalue weighted by Gasteiger charge is -2.36. The van der Waals surface area contributed by atoms with Crippen LogP contribution in [-0.4, -0.2) is 37.7 Å². The third-order valence-corrected chi connectivity index (χ3v) is 3.53. The van der Waals surface area contributed by atoms with Gasteiger partial charge in [0.25, 0.3) is 0 Å². The maximum absolute atomic E-state index is 9.43. The van der Waals surface area contributed by atoms with E-state index in [9.17, 15) is 5.26 Å². The van der Waals surface area contributed by atoms with Crippen LogP contribution < -0.4 is 10.1 Å². The molecule has 18 heavy (non-hydrogen) atoms. The fourth-order valence-corrected chi connectivity index (χ4v) is 2.22. The molecule has 1 aliphatic heterocycles. The van der Waals surface area contributed by atoms with Gasteiger partial charge in [-0.2, -0.15) is 5.26 Å². The number of nitrogens with zero attached hydrogens (tertiary/aromatic N) is 2. The molecule has 4 nitrogen and oxygen atoms in total. The first-order valence-electron chi connectivity index (χ1n) is 6.19. The minimum absolute atomic E-state index is 0.429. The molecule has 0 radical (unpaired) electrons. The van der Waals surface area contributed by atoms with Crippen LogP contribution in [0.2, 0.25) is 0 Å². The molecule has 0 aliphatic carbocycles. The summed E-state index contributed by atoms with van der Waals surface area (Å²) in [6.45, 7) is 1.91. The van der Waals surface area contributed by atoms with E-state index in [4.69, 9.17) is 4.74 Å². The van der Waals surface area contributed by atoms with Gasteiger partial charge in [0.1, 0.15) is 11.3 Å². The van der Waals surface area contributed by atoms with Gasteiger partial charge in [-0.3, -0.25) is 0 Å². The first-order valence-corrected chi connectivity index (χ1v) is 6.19. The molecule has 2 rings (SSSR count). The van der Waals surface area contributed by atoms with Crippen molar-refractivity contribution in [3.8, 4) is 11.8 Å². The smallest absolute Gasteiger partial charge is 0.127 e. The molecule has 1 saturated heterocycles. The molecule has 1 aromatic carbocycles. The molecular weight excluding hydrogens is 226 g/mol. The fraction of sp³-hybridized carbons (Fsp3) is 0.500. The first kappa shape index (κ1) is 12.7. The van der Waals surface area contributed by atoms with Gasteiger partial charge in [0.05, 0.1) is 13.2 Å². The highest BCUT2D eigenvalue weighted by atomic mass is 16.5. The third kappa shape index (κ3) is 2.74. The molecule has 1 heterocycles. The molecule has 1 aromatic rings. The molecule has 0 aromatic heterocycles. The SMILES string of the molecule is COc1ccc(NC2(C#N)CCN(C)CC2)cc1. The van der Waals surface area contributed by atoms with Crippen LogP contribution in [0.25, 0.3) is 0 Å². The van der Waals surface area contributed by atoms with Crippen LogP contribution in [0.1, 0.15) is 12.8 Å². The van der Waals surface area contributed by atoms with Gasteiger partial charge in [-0.1, -0.05) is 0 Å². The number of anilines is 1. The van der Waals surface area contributed by atoms with Crippen molar-refractivity contribution in [1.82, 2.24) is 4.90 Å². The monoisotopic (exact) mass is 245 g/mol. The molecule has 1 N–H and O–H groups in total. The molecule has 1 fully saturated rings.